The van der Waals surface area contributed by atoms with Gasteiger partial charge in [0.1, 0.15) is 5.82 Å². The van der Waals surface area contributed by atoms with Crippen LogP contribution in [0.3, 0.4) is 0 Å². The normalized spacial score (nSPS) is 21.4. The first-order chi connectivity index (χ1) is 16.3. The average molecular weight is 507 g/mol. The second-order valence-electron chi connectivity index (χ2n) is 10.7. The maximum Gasteiger partial charge on any atom is 0.229 e. The van der Waals surface area contributed by atoms with Gasteiger partial charge in [0, 0.05) is 31.0 Å². The van der Waals surface area contributed by atoms with Gasteiger partial charge in [-0.3, -0.25) is 19.3 Å². The second-order valence-corrected chi connectivity index (χ2v) is 10.7. The van der Waals surface area contributed by atoms with Gasteiger partial charge < -0.3 is 4.90 Å². The van der Waals surface area contributed by atoms with E-state index >= 15 is 0 Å². The van der Waals surface area contributed by atoms with Crippen LogP contribution in [0.15, 0.2) is 12.1 Å². The molecule has 0 N–H and O–H groups in total. The van der Waals surface area contributed by atoms with Crippen LogP contribution in [-0.2, 0) is 22.4 Å². The van der Waals surface area contributed by atoms with Gasteiger partial charge in [0.15, 0.2) is 5.78 Å². The summed E-state index contributed by atoms with van der Waals surface area (Å²) in [5.41, 5.74) is 2.20. The van der Waals surface area contributed by atoms with Crippen LogP contribution < -0.4 is 0 Å². The van der Waals surface area contributed by atoms with E-state index < -0.39 is 0 Å². The zero-order valence-electron chi connectivity index (χ0n) is 21.2. The Morgan fingerprint density at radius 1 is 1.09 bits per heavy atom. The highest BCUT2D eigenvalue weighted by Gasteiger charge is 2.44. The number of unbranched alkanes of at least 4 members (excludes halogenated alkanes) is 1. The van der Waals surface area contributed by atoms with Crippen LogP contribution in [0.25, 0.3) is 0 Å². The Kier molecular flexibility index (Phi) is 9.50. The second kappa shape index (κ2) is 12.0. The number of carbonyl (C=O) groups excluding carboxylic acids is 3. The largest absolute Gasteiger partial charge is 0.300 e. The van der Waals surface area contributed by atoms with Gasteiger partial charge in [0.2, 0.25) is 11.8 Å². The molecular formula is C28H40ClFN2O3. The lowest BCUT2D eigenvalue weighted by atomic mass is 9.76. The van der Waals surface area contributed by atoms with E-state index in [-0.39, 0.29) is 47.3 Å². The van der Waals surface area contributed by atoms with Gasteiger partial charge in [-0.1, -0.05) is 19.8 Å². The Morgan fingerprint density at radius 2 is 1.77 bits per heavy atom. The van der Waals surface area contributed by atoms with E-state index in [0.29, 0.717) is 43.4 Å². The quantitative estimate of drug-likeness (QED) is 0.252. The molecule has 1 heterocycles. The lowest BCUT2D eigenvalue weighted by molar-refractivity contribution is -0.153. The molecule has 1 saturated heterocycles. The Morgan fingerprint density at radius 3 is 2.40 bits per heavy atom. The highest BCUT2D eigenvalue weighted by molar-refractivity contribution is 5.98. The number of halogens is 2. The van der Waals surface area contributed by atoms with Gasteiger partial charge in [-0.2, -0.15) is 0 Å². The third-order valence-corrected chi connectivity index (χ3v) is 8.34. The predicted octanol–water partition coefficient (Wildman–Crippen LogP) is 5.51. The predicted molar refractivity (Wildman–Crippen MR) is 137 cm³/mol. The number of rotatable bonds is 9. The Bertz CT molecular complexity index is 924. The summed E-state index contributed by atoms with van der Waals surface area (Å²) in [5, 5.41) is 0. The summed E-state index contributed by atoms with van der Waals surface area (Å²) in [4.78, 5) is 41.5. The van der Waals surface area contributed by atoms with Gasteiger partial charge in [-0.15, -0.1) is 12.4 Å². The minimum atomic E-state index is -0.198. The lowest BCUT2D eigenvalue weighted by Gasteiger charge is -2.38. The maximum absolute atomic E-state index is 14.4. The molecule has 1 aromatic carbocycles. The molecule has 0 radical (unpaired) electrons. The first kappa shape index (κ1) is 27.8. The molecule has 0 aromatic heterocycles. The van der Waals surface area contributed by atoms with Gasteiger partial charge in [-0.25, -0.2) is 4.39 Å². The number of Topliss-reactive ketones (excluding diaryl/α,β-unsaturated/α-hetero) is 1. The standard InChI is InChI=1S/C28H39FN2O3.ClH/c1-3-14-30(21-8-9-23-24(17-21)22(20(2)32)10-11-25(23)29)15-6-7-16-31-26(33)18-28(19-27(31)34)12-4-5-13-28;/h10-11,21H,3-9,12-19H2,1-2H3;1H/t21-;/m1./s1. The third-order valence-electron chi connectivity index (χ3n) is 8.34. The van der Waals surface area contributed by atoms with E-state index in [1.54, 1.807) is 13.0 Å². The van der Waals surface area contributed by atoms with Crippen LogP contribution in [0.2, 0.25) is 0 Å². The number of hydrogen-bond donors (Lipinski definition) is 0. The van der Waals surface area contributed by atoms with Crippen LogP contribution in [0.5, 0.6) is 0 Å². The topological polar surface area (TPSA) is 57.7 Å². The summed E-state index contributed by atoms with van der Waals surface area (Å²) in [6.45, 7) is 6.07. The number of fused-ring (bicyclic) bond motifs is 1. The lowest BCUT2D eigenvalue weighted by Crippen LogP contribution is -2.47. The molecule has 0 unspecified atom stereocenters. The zero-order valence-corrected chi connectivity index (χ0v) is 22.1. The Labute approximate surface area is 215 Å². The van der Waals surface area contributed by atoms with Crippen LogP contribution in [0.1, 0.15) is 99.5 Å². The molecule has 1 atom stereocenters. The molecule has 1 spiro atoms. The Hall–Kier alpha value is -1.79. The zero-order chi connectivity index (χ0) is 24.3. The average Bonchev–Trinajstić information content (AvgIpc) is 3.24. The molecule has 5 nitrogen and oxygen atoms in total. The molecule has 2 amide bonds. The number of nitrogens with zero attached hydrogens (tertiary/aromatic N) is 2. The van der Waals surface area contributed by atoms with E-state index in [1.165, 1.54) is 11.0 Å². The number of ketones is 1. The molecule has 194 valence electrons. The van der Waals surface area contributed by atoms with Crippen LogP contribution in [0.4, 0.5) is 4.39 Å². The molecule has 0 bridgehead atoms. The Balaban J connectivity index is 0.00000342. The monoisotopic (exact) mass is 506 g/mol. The molecule has 1 aromatic rings. The van der Waals surface area contributed by atoms with E-state index in [9.17, 15) is 18.8 Å². The first-order valence-electron chi connectivity index (χ1n) is 13.2. The summed E-state index contributed by atoms with van der Waals surface area (Å²) < 4.78 is 14.4. The number of carbonyl (C=O) groups is 3. The van der Waals surface area contributed by atoms with Crippen LogP contribution in [-0.4, -0.2) is 53.1 Å². The molecule has 4 rings (SSSR count). The minimum Gasteiger partial charge on any atom is -0.300 e. The number of hydrogen-bond acceptors (Lipinski definition) is 4. The molecule has 2 fully saturated rings. The van der Waals surface area contributed by atoms with Crippen molar-refractivity contribution < 1.29 is 18.8 Å². The smallest absolute Gasteiger partial charge is 0.229 e. The number of likely N-dealkylation sites (tertiary alicyclic amines) is 1. The van der Waals surface area contributed by atoms with Gasteiger partial charge in [0.05, 0.1) is 0 Å². The van der Waals surface area contributed by atoms with Crippen molar-refractivity contribution in [2.75, 3.05) is 19.6 Å². The van der Waals surface area contributed by atoms with Crippen molar-refractivity contribution in [2.45, 2.75) is 96.9 Å². The van der Waals surface area contributed by atoms with Crippen LogP contribution in [0, 0.1) is 11.2 Å². The summed E-state index contributed by atoms with van der Waals surface area (Å²) in [7, 11) is 0. The number of piperidine rings is 1. The van der Waals surface area contributed by atoms with Crippen molar-refractivity contribution in [1.29, 1.82) is 0 Å². The summed E-state index contributed by atoms with van der Waals surface area (Å²) in [6.07, 6.45) is 10.4. The molecule has 7 heteroatoms. The fourth-order valence-electron chi connectivity index (χ4n) is 6.57. The molecule has 1 saturated carbocycles. The summed E-state index contributed by atoms with van der Waals surface area (Å²) in [6, 6.07) is 3.34. The number of benzene rings is 1. The van der Waals surface area contributed by atoms with Crippen molar-refractivity contribution in [2.24, 2.45) is 5.41 Å². The highest BCUT2D eigenvalue weighted by atomic mass is 35.5. The summed E-state index contributed by atoms with van der Waals surface area (Å²) in [5.74, 6) is -0.164. The molecule has 3 aliphatic rings. The van der Waals surface area contributed by atoms with Gasteiger partial charge >= 0.3 is 0 Å². The summed E-state index contributed by atoms with van der Waals surface area (Å²) >= 11 is 0. The first-order valence-corrected chi connectivity index (χ1v) is 13.2. The highest BCUT2D eigenvalue weighted by Crippen LogP contribution is 2.46. The van der Waals surface area contributed by atoms with Crippen molar-refractivity contribution in [1.82, 2.24) is 9.80 Å². The van der Waals surface area contributed by atoms with E-state index in [2.05, 4.69) is 11.8 Å². The van der Waals surface area contributed by atoms with Gasteiger partial charge in [-0.05, 0) is 100 Å². The van der Waals surface area contributed by atoms with Crippen molar-refractivity contribution in [3.8, 4) is 0 Å². The SMILES string of the molecule is CCCN(CCCCN1C(=O)CC2(CCCC2)CC1=O)[C@@H]1CCc2c(F)ccc(C(C)=O)c2C1.Cl. The fourth-order valence-corrected chi connectivity index (χ4v) is 6.57. The third kappa shape index (κ3) is 6.14. The van der Waals surface area contributed by atoms with Crippen LogP contribution >= 0.6 is 12.4 Å². The number of imide groups is 1. The van der Waals surface area contributed by atoms with Gasteiger partial charge in [0.25, 0.3) is 0 Å². The van der Waals surface area contributed by atoms with Crippen molar-refractivity contribution in [3.63, 3.8) is 0 Å². The number of amides is 2. The van der Waals surface area contributed by atoms with Crippen molar-refractivity contribution in [3.05, 3.63) is 34.6 Å². The van der Waals surface area contributed by atoms with E-state index in [1.807, 2.05) is 0 Å². The molecule has 2 aliphatic carbocycles. The fraction of sp³-hybridized carbons (Fsp3) is 0.679. The molecular weight excluding hydrogens is 467 g/mol. The maximum atomic E-state index is 14.4. The van der Waals surface area contributed by atoms with E-state index in [0.717, 1.165) is 70.0 Å². The molecule has 35 heavy (non-hydrogen) atoms. The van der Waals surface area contributed by atoms with E-state index in [4.69, 9.17) is 0 Å². The molecule has 1 aliphatic heterocycles. The minimum absolute atomic E-state index is 0. The van der Waals surface area contributed by atoms with Crippen molar-refractivity contribution >= 4 is 30.0 Å².